The molecule has 0 spiro atoms. The monoisotopic (exact) mass is 398 g/mol. The summed E-state index contributed by atoms with van der Waals surface area (Å²) < 4.78 is 21.8. The highest BCUT2D eigenvalue weighted by Crippen LogP contribution is 2.29. The maximum atomic E-state index is 13.1. The zero-order valence-electron chi connectivity index (χ0n) is 16.8. The van der Waals surface area contributed by atoms with E-state index in [4.69, 9.17) is 4.74 Å². The molecule has 3 rings (SSSR count). The van der Waals surface area contributed by atoms with Crippen LogP contribution in [0.25, 0.3) is 5.69 Å². The first kappa shape index (κ1) is 20.4. The lowest BCUT2D eigenvalue weighted by Crippen LogP contribution is -2.38. The lowest BCUT2D eigenvalue weighted by molar-refractivity contribution is -0.152. The van der Waals surface area contributed by atoms with Crippen LogP contribution in [0.4, 0.5) is 4.39 Å². The van der Waals surface area contributed by atoms with Crippen LogP contribution in [0.5, 0.6) is 5.75 Å². The average molecular weight is 398 g/mol. The molecule has 1 heterocycles. The number of imidazole rings is 1. The minimum atomic E-state index is -1.35. The predicted octanol–water partition coefficient (Wildman–Crippen LogP) is 3.69. The maximum Gasteiger partial charge on any atom is 0.347 e. The smallest absolute Gasteiger partial charge is 0.347 e. The van der Waals surface area contributed by atoms with Crippen molar-refractivity contribution in [2.24, 2.45) is 0 Å². The lowest BCUT2D eigenvalue weighted by atomic mass is 10.0. The number of ether oxygens (including phenoxy) is 1. The topological polar surface area (TPSA) is 73.5 Å². The normalized spacial score (nSPS) is 11.5. The third kappa shape index (κ3) is 4.23. The number of carboxylic acids is 1. The van der Waals surface area contributed by atoms with E-state index in [1.807, 2.05) is 26.0 Å². The average Bonchev–Trinajstić information content (AvgIpc) is 2.99. The van der Waals surface area contributed by atoms with Crippen LogP contribution in [0.15, 0.2) is 53.6 Å². The number of rotatable bonds is 6. The molecule has 0 aliphatic heterocycles. The minimum Gasteiger partial charge on any atom is -0.478 e. The maximum absolute atomic E-state index is 13.1. The van der Waals surface area contributed by atoms with Crippen molar-refractivity contribution in [3.05, 3.63) is 81.8 Å². The number of hydrogen-bond acceptors (Lipinski definition) is 3. The van der Waals surface area contributed by atoms with Gasteiger partial charge in [0.15, 0.2) is 5.60 Å². The van der Waals surface area contributed by atoms with E-state index in [0.29, 0.717) is 18.0 Å². The molecule has 0 aliphatic carbocycles. The molecule has 0 fully saturated rings. The van der Waals surface area contributed by atoms with Crippen molar-refractivity contribution in [2.45, 2.75) is 39.8 Å². The van der Waals surface area contributed by atoms with E-state index in [2.05, 4.69) is 0 Å². The summed E-state index contributed by atoms with van der Waals surface area (Å²) in [6.45, 7) is 7.03. The molecule has 6 nitrogen and oxygen atoms in total. The quantitative estimate of drug-likeness (QED) is 0.687. The molecule has 0 aliphatic rings. The Morgan fingerprint density at radius 1 is 1.10 bits per heavy atom. The van der Waals surface area contributed by atoms with Crippen molar-refractivity contribution in [2.75, 3.05) is 0 Å². The second-order valence-corrected chi connectivity index (χ2v) is 7.53. The van der Waals surface area contributed by atoms with Gasteiger partial charge in [-0.3, -0.25) is 9.13 Å². The van der Waals surface area contributed by atoms with Crippen molar-refractivity contribution in [3.63, 3.8) is 0 Å². The largest absolute Gasteiger partial charge is 0.478 e. The third-order valence-corrected chi connectivity index (χ3v) is 4.70. The van der Waals surface area contributed by atoms with Crippen LogP contribution in [-0.4, -0.2) is 25.8 Å². The SMILES string of the molecule is Cc1cc(Cn2ccn(-c3ccc(F)cc3)c2=O)cc(C)c1OC(C)(C)C(=O)O. The molecule has 3 aromatic rings. The van der Waals surface area contributed by atoms with Gasteiger partial charge in [0.05, 0.1) is 12.2 Å². The van der Waals surface area contributed by atoms with Crippen molar-refractivity contribution in [1.29, 1.82) is 0 Å². The molecule has 1 aromatic heterocycles. The van der Waals surface area contributed by atoms with Crippen LogP contribution in [0, 0.1) is 19.7 Å². The number of nitrogens with zero attached hydrogens (tertiary/aromatic N) is 2. The van der Waals surface area contributed by atoms with Crippen LogP contribution in [0.1, 0.15) is 30.5 Å². The first-order valence-corrected chi connectivity index (χ1v) is 9.15. The zero-order chi connectivity index (χ0) is 21.3. The van der Waals surface area contributed by atoms with Gasteiger partial charge in [0.25, 0.3) is 0 Å². The Morgan fingerprint density at radius 3 is 2.24 bits per heavy atom. The molecule has 0 saturated heterocycles. The molecule has 2 aromatic carbocycles. The van der Waals surface area contributed by atoms with Gasteiger partial charge in [-0.1, -0.05) is 12.1 Å². The first-order chi connectivity index (χ1) is 13.6. The fourth-order valence-electron chi connectivity index (χ4n) is 3.12. The Kier molecular flexibility index (Phi) is 5.33. The summed E-state index contributed by atoms with van der Waals surface area (Å²) in [7, 11) is 0. The van der Waals surface area contributed by atoms with E-state index in [0.717, 1.165) is 16.7 Å². The summed E-state index contributed by atoms with van der Waals surface area (Å²) in [6, 6.07) is 9.47. The number of aryl methyl sites for hydroxylation is 2. The summed E-state index contributed by atoms with van der Waals surface area (Å²) in [5.41, 5.74) is 1.47. The molecule has 7 heteroatoms. The van der Waals surface area contributed by atoms with E-state index in [9.17, 15) is 19.1 Å². The first-order valence-electron chi connectivity index (χ1n) is 9.15. The molecule has 0 atom stereocenters. The van der Waals surface area contributed by atoms with Crippen molar-refractivity contribution in [3.8, 4) is 11.4 Å². The van der Waals surface area contributed by atoms with Crippen LogP contribution >= 0.6 is 0 Å². The second kappa shape index (κ2) is 7.58. The Bertz CT molecular complexity index is 1090. The number of aromatic nitrogens is 2. The molecule has 0 radical (unpaired) electrons. The van der Waals surface area contributed by atoms with Gasteiger partial charge in [-0.25, -0.2) is 14.0 Å². The van der Waals surface area contributed by atoms with E-state index in [1.54, 1.807) is 29.1 Å². The van der Waals surface area contributed by atoms with Crippen LogP contribution in [-0.2, 0) is 11.3 Å². The Hall–Kier alpha value is -3.35. The van der Waals surface area contributed by atoms with Crippen LogP contribution in [0.3, 0.4) is 0 Å². The third-order valence-electron chi connectivity index (χ3n) is 4.70. The lowest BCUT2D eigenvalue weighted by Gasteiger charge is -2.24. The number of carboxylic acid groups (broad SMARTS) is 1. The number of carbonyl (C=O) groups is 1. The van der Waals surface area contributed by atoms with Gasteiger partial charge in [-0.05, 0) is 68.7 Å². The number of hydrogen-bond donors (Lipinski definition) is 1. The highest BCUT2D eigenvalue weighted by Gasteiger charge is 2.30. The molecule has 152 valence electrons. The van der Waals surface area contributed by atoms with Crippen molar-refractivity contribution >= 4 is 5.97 Å². The number of benzene rings is 2. The van der Waals surface area contributed by atoms with Gasteiger partial charge in [0.2, 0.25) is 0 Å². The molecule has 0 bridgehead atoms. The summed E-state index contributed by atoms with van der Waals surface area (Å²) in [6.07, 6.45) is 3.32. The molecule has 0 amide bonds. The van der Waals surface area contributed by atoms with Crippen LogP contribution in [0.2, 0.25) is 0 Å². The summed E-state index contributed by atoms with van der Waals surface area (Å²) >= 11 is 0. The van der Waals surface area contributed by atoms with E-state index in [-0.39, 0.29) is 11.5 Å². The minimum absolute atomic E-state index is 0.237. The van der Waals surface area contributed by atoms with Crippen molar-refractivity contribution < 1.29 is 19.0 Å². The van der Waals surface area contributed by atoms with Gasteiger partial charge in [-0.2, -0.15) is 0 Å². The Balaban J connectivity index is 1.87. The van der Waals surface area contributed by atoms with Crippen molar-refractivity contribution in [1.82, 2.24) is 9.13 Å². The highest BCUT2D eigenvalue weighted by atomic mass is 19.1. The summed E-state index contributed by atoms with van der Waals surface area (Å²) in [5.74, 6) is -0.882. The fourth-order valence-corrected chi connectivity index (χ4v) is 3.12. The summed E-state index contributed by atoms with van der Waals surface area (Å²) in [5, 5.41) is 9.29. The van der Waals surface area contributed by atoms with E-state index < -0.39 is 11.6 Å². The molecule has 1 N–H and O–H groups in total. The van der Waals surface area contributed by atoms with Gasteiger partial charge in [0, 0.05) is 12.4 Å². The number of aliphatic carboxylic acids is 1. The second-order valence-electron chi connectivity index (χ2n) is 7.53. The Labute approximate surface area is 167 Å². The highest BCUT2D eigenvalue weighted by molar-refractivity contribution is 5.77. The number of halogens is 1. The van der Waals surface area contributed by atoms with Crippen LogP contribution < -0.4 is 10.4 Å². The molecule has 0 saturated carbocycles. The molecular formula is C22H23FN2O4. The van der Waals surface area contributed by atoms with Gasteiger partial charge >= 0.3 is 11.7 Å². The fraction of sp³-hybridized carbons (Fsp3) is 0.273. The zero-order valence-corrected chi connectivity index (χ0v) is 16.8. The van der Waals surface area contributed by atoms with Gasteiger partial charge in [-0.15, -0.1) is 0 Å². The predicted molar refractivity (Wildman–Crippen MR) is 107 cm³/mol. The Morgan fingerprint density at radius 2 is 1.69 bits per heavy atom. The van der Waals surface area contributed by atoms with Gasteiger partial charge in [0.1, 0.15) is 11.6 Å². The summed E-state index contributed by atoms with van der Waals surface area (Å²) in [4.78, 5) is 24.0. The van der Waals surface area contributed by atoms with E-state index in [1.165, 1.54) is 30.5 Å². The molecule has 0 unspecified atom stereocenters. The standard InChI is InChI=1S/C22H23FN2O4/c1-14-11-16(12-15(2)19(14)29-22(3,4)20(26)27)13-24-9-10-25(21(24)28)18-7-5-17(23)6-8-18/h5-12H,13H2,1-4H3,(H,26,27). The molecular weight excluding hydrogens is 375 g/mol. The van der Waals surface area contributed by atoms with E-state index >= 15 is 0 Å². The van der Waals surface area contributed by atoms with Gasteiger partial charge < -0.3 is 9.84 Å². The molecule has 29 heavy (non-hydrogen) atoms.